The van der Waals surface area contributed by atoms with Gasteiger partial charge in [-0.25, -0.2) is 0 Å². The van der Waals surface area contributed by atoms with E-state index in [-0.39, 0.29) is 85.1 Å². The van der Waals surface area contributed by atoms with Gasteiger partial charge in [-0.3, -0.25) is 0 Å². The highest BCUT2D eigenvalue weighted by atomic mass is 16.5. The fourth-order valence-corrected chi connectivity index (χ4v) is 11.9. The minimum atomic E-state index is -1.86. The SMILES string of the molecule is Oc1cc(O)c2c(c1)O[C@H](c1ccc(O)c(O)c1)[C@H](O)[C@H]2c1c(O)ccc2c1O[C@H](c1ccc(O)c(O)c1)[C@H](O)[C@H]2c1c(O)ccc2c1O[C@H](c1ccc(O)c(O)c1)[C@H](O)[C@H]2c1c(O)ccc2c1O[C@H](c1ccc(O)c(O)c1)[C@@H](O)C2. The van der Waals surface area contributed by atoms with Crippen molar-refractivity contribution in [1.82, 2.24) is 0 Å². The largest absolute Gasteiger partial charge is 0.508 e. The van der Waals surface area contributed by atoms with E-state index in [1.165, 1.54) is 72.8 Å². The van der Waals surface area contributed by atoms with Crippen LogP contribution in [0.3, 0.4) is 0 Å². The predicted octanol–water partition coefficient (Wildman–Crippen LogP) is 6.78. The first-order valence-corrected chi connectivity index (χ1v) is 25.3. The van der Waals surface area contributed by atoms with E-state index in [4.69, 9.17) is 18.9 Å². The number of aromatic hydroxyl groups is 13. The number of aliphatic hydroxyl groups excluding tert-OH is 4. The van der Waals surface area contributed by atoms with Crippen LogP contribution in [0.25, 0.3) is 0 Å². The second-order valence-electron chi connectivity index (χ2n) is 20.5. The molecular weight excluding hydrogens is 1060 g/mol. The lowest BCUT2D eigenvalue weighted by molar-refractivity contribution is -0.00770. The van der Waals surface area contributed by atoms with E-state index < -0.39 is 141 Å². The van der Waals surface area contributed by atoms with E-state index >= 15 is 0 Å². The third kappa shape index (κ3) is 8.40. The minimum absolute atomic E-state index is 0.00788. The van der Waals surface area contributed by atoms with E-state index in [0.29, 0.717) is 5.56 Å². The molecule has 81 heavy (non-hydrogen) atoms. The van der Waals surface area contributed by atoms with Gasteiger partial charge in [0, 0.05) is 63.8 Å². The zero-order valence-electron chi connectivity index (χ0n) is 41.8. The van der Waals surface area contributed by atoms with Gasteiger partial charge in [0.05, 0.1) is 12.0 Å². The molecule has 17 N–H and O–H groups in total. The fraction of sp³-hybridized carbons (Fsp3) is 0.200. The van der Waals surface area contributed by atoms with Gasteiger partial charge in [-0.1, -0.05) is 42.5 Å². The molecule has 21 nitrogen and oxygen atoms in total. The van der Waals surface area contributed by atoms with Crippen LogP contribution in [-0.2, 0) is 6.42 Å². The summed E-state index contributed by atoms with van der Waals surface area (Å²) in [4.78, 5) is 0. The van der Waals surface area contributed by atoms with E-state index in [0.717, 1.165) is 48.5 Å². The van der Waals surface area contributed by atoms with Crippen molar-refractivity contribution in [2.24, 2.45) is 0 Å². The van der Waals surface area contributed by atoms with Crippen LogP contribution in [0.2, 0.25) is 0 Å². The molecule has 0 aliphatic carbocycles. The molecule has 0 radical (unpaired) electrons. The lowest BCUT2D eigenvalue weighted by Crippen LogP contribution is -2.39. The maximum absolute atomic E-state index is 13.0. The van der Waals surface area contributed by atoms with Crippen LogP contribution in [0.5, 0.6) is 97.7 Å². The summed E-state index contributed by atoms with van der Waals surface area (Å²) >= 11 is 0. The Morgan fingerprint density at radius 1 is 0.296 bits per heavy atom. The number of phenols is 13. The Morgan fingerprint density at radius 3 is 1.10 bits per heavy atom. The summed E-state index contributed by atoms with van der Waals surface area (Å²) in [5, 5.41) is 193. The van der Waals surface area contributed by atoms with Gasteiger partial charge >= 0.3 is 0 Å². The van der Waals surface area contributed by atoms with E-state index in [1.807, 2.05) is 0 Å². The Hall–Kier alpha value is -9.80. The standard InChI is InChI=1S/C60H50O21/c61-27-20-41(73)46-43(21-27)78-56(24-2-9-31(63)38(70)16-24)53(77)50(46)49-36(68)14-7-29-45(52(76)58(81-60(29)49)26-4-11-33(65)40(72)18-26)48-35(67)13-6-28-44(51(75)57(80-59(28)48)25-3-10-32(64)39(71)17-25)47-34(66)12-5-23-19-42(74)54(79-55(23)47)22-1-8-30(62)37(69)15-22/h1-18,20-21,42,44-45,50-54,56-58,61-77H,19H2/t42-,44+,45+,50+,51+,52+,53+,54+,56+,57+,58+/m0/s1. The maximum Gasteiger partial charge on any atom is 0.157 e. The van der Waals surface area contributed by atoms with E-state index in [9.17, 15) is 86.8 Å². The van der Waals surface area contributed by atoms with Crippen LogP contribution < -0.4 is 18.9 Å². The predicted molar refractivity (Wildman–Crippen MR) is 280 cm³/mol. The van der Waals surface area contributed by atoms with Gasteiger partial charge in [0.2, 0.25) is 0 Å². The van der Waals surface area contributed by atoms with E-state index in [2.05, 4.69) is 0 Å². The molecule has 8 aromatic carbocycles. The maximum atomic E-state index is 13.0. The number of ether oxygens (including phenoxy) is 4. The number of hydrogen-bond acceptors (Lipinski definition) is 21. The van der Waals surface area contributed by atoms with Gasteiger partial charge < -0.3 is 106 Å². The Bertz CT molecular complexity index is 3860. The zero-order chi connectivity index (χ0) is 57.2. The zero-order valence-corrected chi connectivity index (χ0v) is 41.8. The molecule has 11 atom stereocenters. The van der Waals surface area contributed by atoms with Crippen molar-refractivity contribution in [2.75, 3.05) is 0 Å². The molecule has 0 aromatic heterocycles. The molecule has 4 aliphatic rings. The van der Waals surface area contributed by atoms with Crippen LogP contribution in [0.4, 0.5) is 0 Å². The Balaban J connectivity index is 1.10. The third-order valence-electron chi connectivity index (χ3n) is 15.7. The molecule has 0 unspecified atom stereocenters. The summed E-state index contributed by atoms with van der Waals surface area (Å²) in [6, 6.07) is 24.6. The average molecular weight is 1110 g/mol. The van der Waals surface area contributed by atoms with Crippen molar-refractivity contribution in [3.8, 4) is 97.7 Å². The highest BCUT2D eigenvalue weighted by Crippen LogP contribution is 2.62. The van der Waals surface area contributed by atoms with Crippen molar-refractivity contribution >= 4 is 0 Å². The first-order chi connectivity index (χ1) is 38.7. The molecule has 0 bridgehead atoms. The van der Waals surface area contributed by atoms with Crippen LogP contribution in [0.15, 0.2) is 121 Å². The Morgan fingerprint density at radius 2 is 0.654 bits per heavy atom. The highest BCUT2D eigenvalue weighted by Gasteiger charge is 2.51. The monoisotopic (exact) mass is 1110 g/mol. The molecule has 416 valence electrons. The van der Waals surface area contributed by atoms with E-state index in [1.54, 1.807) is 0 Å². The van der Waals surface area contributed by atoms with Gasteiger partial charge in [-0.05, 0) is 94.5 Å². The van der Waals surface area contributed by atoms with Gasteiger partial charge in [-0.2, -0.15) is 0 Å². The lowest BCUT2D eigenvalue weighted by atomic mass is 9.72. The molecular formula is C60H50O21. The molecule has 0 saturated carbocycles. The van der Waals surface area contributed by atoms with Crippen molar-refractivity contribution in [2.45, 2.75) is 73.0 Å². The smallest absolute Gasteiger partial charge is 0.157 e. The second-order valence-corrected chi connectivity index (χ2v) is 20.5. The molecule has 21 heteroatoms. The second kappa shape index (κ2) is 19.2. The van der Waals surface area contributed by atoms with Crippen molar-refractivity contribution in [1.29, 1.82) is 0 Å². The summed E-state index contributed by atoms with van der Waals surface area (Å²) in [7, 11) is 0. The quantitative estimate of drug-likeness (QED) is 0.0731. The first kappa shape index (κ1) is 51.9. The molecule has 0 spiro atoms. The number of aliphatic hydroxyl groups is 4. The van der Waals surface area contributed by atoms with Crippen LogP contribution >= 0.6 is 0 Å². The van der Waals surface area contributed by atoms with Crippen LogP contribution in [-0.4, -0.2) is 111 Å². The third-order valence-corrected chi connectivity index (χ3v) is 15.7. The van der Waals surface area contributed by atoms with Gasteiger partial charge in [0.1, 0.15) is 76.2 Å². The minimum Gasteiger partial charge on any atom is -0.508 e. The average Bonchev–Trinajstić information content (AvgIpc) is 3.23. The molecule has 0 fully saturated rings. The van der Waals surface area contributed by atoms with Gasteiger partial charge in [-0.15, -0.1) is 0 Å². The molecule has 0 saturated heterocycles. The van der Waals surface area contributed by atoms with Crippen molar-refractivity contribution in [3.05, 3.63) is 183 Å². The van der Waals surface area contributed by atoms with Crippen molar-refractivity contribution in [3.63, 3.8) is 0 Å². The van der Waals surface area contributed by atoms with Crippen LogP contribution in [0, 0.1) is 0 Å². The van der Waals surface area contributed by atoms with Crippen LogP contribution in [0.1, 0.15) is 103 Å². The molecule has 0 amide bonds. The molecule has 4 heterocycles. The number of phenolic OH excluding ortho intramolecular Hbond substituents is 13. The summed E-state index contributed by atoms with van der Waals surface area (Å²) in [6.07, 6.45) is -12.7. The lowest BCUT2D eigenvalue weighted by Gasteiger charge is -2.44. The summed E-state index contributed by atoms with van der Waals surface area (Å²) < 4.78 is 26.3. The Kier molecular flexibility index (Phi) is 12.3. The number of benzene rings is 8. The Labute approximate surface area is 457 Å². The highest BCUT2D eigenvalue weighted by molar-refractivity contribution is 5.69. The summed E-state index contributed by atoms with van der Waals surface area (Å²) in [5.41, 5.74) is -0.00385. The summed E-state index contributed by atoms with van der Waals surface area (Å²) in [5.74, 6) is -12.5. The summed E-state index contributed by atoms with van der Waals surface area (Å²) in [6.45, 7) is 0. The molecule has 8 aromatic rings. The van der Waals surface area contributed by atoms with Crippen molar-refractivity contribution < 1.29 is 106 Å². The fourth-order valence-electron chi connectivity index (χ4n) is 11.9. The number of rotatable bonds is 7. The number of hydrogen-bond donors (Lipinski definition) is 17. The van der Waals surface area contributed by atoms with Gasteiger partial charge in [0.25, 0.3) is 0 Å². The molecule has 12 rings (SSSR count). The van der Waals surface area contributed by atoms with Gasteiger partial charge in [0.15, 0.2) is 64.3 Å². The molecule has 4 aliphatic heterocycles. The number of fused-ring (bicyclic) bond motifs is 4. The first-order valence-electron chi connectivity index (χ1n) is 25.3. The normalized spacial score (nSPS) is 24.4. The topological polar surface area (TPSA) is 381 Å².